The van der Waals surface area contributed by atoms with Crippen LogP contribution in [0.3, 0.4) is 0 Å². The molecule has 0 aliphatic carbocycles. The number of benzene rings is 1. The Labute approximate surface area is 125 Å². The topological polar surface area (TPSA) is 79.5 Å². The van der Waals surface area contributed by atoms with Gasteiger partial charge in [-0.1, -0.05) is 15.9 Å². The van der Waals surface area contributed by atoms with Crippen molar-refractivity contribution in [1.82, 2.24) is 0 Å². The third-order valence-electron chi connectivity index (χ3n) is 2.78. The van der Waals surface area contributed by atoms with Gasteiger partial charge in [0.1, 0.15) is 23.0 Å². The van der Waals surface area contributed by atoms with Crippen molar-refractivity contribution in [3.05, 3.63) is 45.8 Å². The van der Waals surface area contributed by atoms with Crippen molar-refractivity contribution in [1.29, 1.82) is 0 Å². The van der Waals surface area contributed by atoms with Crippen molar-refractivity contribution in [2.45, 2.75) is 25.3 Å². The van der Waals surface area contributed by atoms with Crippen LogP contribution >= 0.6 is 15.9 Å². The molecule has 0 bridgehead atoms. The molecule has 2 N–H and O–H groups in total. The SMILES string of the molecule is Cc1cc(NS(=O)(=O)c2cc(CO)oc2C)ccc1Br. The van der Waals surface area contributed by atoms with E-state index in [0.29, 0.717) is 5.69 Å². The fraction of sp³-hybridized carbons (Fsp3) is 0.231. The largest absolute Gasteiger partial charge is 0.462 e. The lowest BCUT2D eigenvalue weighted by atomic mass is 10.2. The van der Waals surface area contributed by atoms with E-state index in [0.717, 1.165) is 10.0 Å². The zero-order valence-electron chi connectivity index (χ0n) is 11.0. The molecule has 0 aliphatic heterocycles. The Morgan fingerprint density at radius 2 is 2.00 bits per heavy atom. The lowest BCUT2D eigenvalue weighted by Crippen LogP contribution is -2.13. The van der Waals surface area contributed by atoms with Crippen LogP contribution in [0.2, 0.25) is 0 Å². The predicted octanol–water partition coefficient (Wildman–Crippen LogP) is 2.95. The maximum absolute atomic E-state index is 12.3. The Morgan fingerprint density at radius 1 is 1.30 bits per heavy atom. The van der Waals surface area contributed by atoms with Gasteiger partial charge in [-0.25, -0.2) is 8.42 Å². The van der Waals surface area contributed by atoms with Gasteiger partial charge >= 0.3 is 0 Å². The Balaban J connectivity index is 2.35. The number of rotatable bonds is 4. The van der Waals surface area contributed by atoms with Crippen LogP contribution in [-0.2, 0) is 16.6 Å². The third kappa shape index (κ3) is 3.05. The molecule has 0 atom stereocenters. The molecule has 1 aromatic carbocycles. The van der Waals surface area contributed by atoms with Gasteiger partial charge in [-0.2, -0.15) is 0 Å². The monoisotopic (exact) mass is 359 g/mol. The summed E-state index contributed by atoms with van der Waals surface area (Å²) in [5.41, 5.74) is 1.39. The van der Waals surface area contributed by atoms with Gasteiger partial charge in [-0.3, -0.25) is 4.72 Å². The second kappa shape index (κ2) is 5.59. The average Bonchev–Trinajstić information content (AvgIpc) is 2.76. The molecule has 0 amide bonds. The summed E-state index contributed by atoms with van der Waals surface area (Å²) in [5.74, 6) is 0.463. The Bertz CT molecular complexity index is 737. The summed E-state index contributed by atoms with van der Waals surface area (Å²) >= 11 is 3.36. The van der Waals surface area contributed by atoms with E-state index < -0.39 is 10.0 Å². The molecule has 108 valence electrons. The molecule has 1 aromatic heterocycles. The van der Waals surface area contributed by atoms with E-state index in [1.165, 1.54) is 6.07 Å². The van der Waals surface area contributed by atoms with Gasteiger partial charge in [0.05, 0.1) is 0 Å². The standard InChI is InChI=1S/C13H14BrNO4S/c1-8-5-10(3-4-12(8)14)15-20(17,18)13-6-11(7-16)19-9(13)2/h3-6,15-16H,7H2,1-2H3. The highest BCUT2D eigenvalue weighted by Crippen LogP contribution is 2.25. The number of furan rings is 1. The molecule has 5 nitrogen and oxygen atoms in total. The second-order valence-electron chi connectivity index (χ2n) is 4.36. The molecule has 0 aliphatic rings. The molecule has 20 heavy (non-hydrogen) atoms. The van der Waals surface area contributed by atoms with E-state index in [2.05, 4.69) is 20.7 Å². The van der Waals surface area contributed by atoms with Gasteiger partial charge in [0.25, 0.3) is 10.0 Å². The maximum Gasteiger partial charge on any atom is 0.265 e. The number of hydrogen-bond acceptors (Lipinski definition) is 4. The Kier molecular flexibility index (Phi) is 4.22. The first-order valence-electron chi connectivity index (χ1n) is 5.82. The van der Waals surface area contributed by atoms with Crippen LogP contribution in [0, 0.1) is 13.8 Å². The van der Waals surface area contributed by atoms with Gasteiger partial charge in [-0.15, -0.1) is 0 Å². The number of hydrogen-bond donors (Lipinski definition) is 2. The number of halogens is 1. The highest BCUT2D eigenvalue weighted by molar-refractivity contribution is 9.10. The quantitative estimate of drug-likeness (QED) is 0.879. The number of nitrogens with one attached hydrogen (secondary N) is 1. The minimum absolute atomic E-state index is 0.0297. The van der Waals surface area contributed by atoms with Crippen molar-refractivity contribution in [2.75, 3.05) is 4.72 Å². The predicted molar refractivity (Wildman–Crippen MR) is 79.1 cm³/mol. The molecule has 0 spiro atoms. The van der Waals surface area contributed by atoms with Crippen LogP contribution < -0.4 is 4.72 Å². The van der Waals surface area contributed by atoms with E-state index in [-0.39, 0.29) is 23.0 Å². The Morgan fingerprint density at radius 3 is 2.55 bits per heavy atom. The van der Waals surface area contributed by atoms with Gasteiger partial charge in [-0.05, 0) is 37.6 Å². The summed E-state index contributed by atoms with van der Waals surface area (Å²) in [7, 11) is -3.73. The first-order chi connectivity index (χ1) is 9.33. The summed E-state index contributed by atoms with van der Waals surface area (Å²) in [5, 5.41) is 8.98. The van der Waals surface area contributed by atoms with Crippen LogP contribution in [0.1, 0.15) is 17.1 Å². The fourth-order valence-electron chi connectivity index (χ4n) is 1.79. The summed E-state index contributed by atoms with van der Waals surface area (Å²) in [4.78, 5) is 0.0297. The van der Waals surface area contributed by atoms with Crippen LogP contribution in [0.25, 0.3) is 0 Å². The van der Waals surface area contributed by atoms with Crippen LogP contribution in [0.4, 0.5) is 5.69 Å². The number of aliphatic hydroxyl groups is 1. The first-order valence-corrected chi connectivity index (χ1v) is 8.10. The lowest BCUT2D eigenvalue weighted by molar-refractivity contribution is 0.245. The third-order valence-corrected chi connectivity index (χ3v) is 5.16. The van der Waals surface area contributed by atoms with E-state index in [4.69, 9.17) is 9.52 Å². The van der Waals surface area contributed by atoms with E-state index in [1.807, 2.05) is 6.92 Å². The normalized spacial score (nSPS) is 11.6. The maximum atomic E-state index is 12.3. The second-order valence-corrected chi connectivity index (χ2v) is 6.87. The number of anilines is 1. The average molecular weight is 360 g/mol. The molecule has 0 saturated carbocycles. The van der Waals surface area contributed by atoms with E-state index in [1.54, 1.807) is 25.1 Å². The minimum Gasteiger partial charge on any atom is -0.462 e. The van der Waals surface area contributed by atoms with Crippen molar-refractivity contribution in [3.63, 3.8) is 0 Å². The molecule has 2 rings (SSSR count). The van der Waals surface area contributed by atoms with Crippen molar-refractivity contribution in [2.24, 2.45) is 0 Å². The summed E-state index contributed by atoms with van der Waals surface area (Å²) in [6.45, 7) is 3.07. The highest BCUT2D eigenvalue weighted by Gasteiger charge is 2.21. The molecule has 7 heteroatoms. The minimum atomic E-state index is -3.73. The Hall–Kier alpha value is -1.31. The number of aryl methyl sites for hydroxylation is 2. The van der Waals surface area contributed by atoms with Crippen molar-refractivity contribution >= 4 is 31.6 Å². The van der Waals surface area contributed by atoms with Gasteiger partial charge in [0.15, 0.2) is 0 Å². The van der Waals surface area contributed by atoms with E-state index >= 15 is 0 Å². The molecule has 0 saturated heterocycles. The summed E-state index contributed by atoms with van der Waals surface area (Å²) < 4.78 is 33.1. The molecule has 0 unspecified atom stereocenters. The van der Waals surface area contributed by atoms with Gasteiger partial charge in [0.2, 0.25) is 0 Å². The lowest BCUT2D eigenvalue weighted by Gasteiger charge is -2.08. The zero-order chi connectivity index (χ0) is 14.9. The molecule has 0 radical (unpaired) electrons. The highest BCUT2D eigenvalue weighted by atomic mass is 79.9. The van der Waals surface area contributed by atoms with Gasteiger partial charge in [0, 0.05) is 16.2 Å². The summed E-state index contributed by atoms with van der Waals surface area (Å²) in [6.07, 6.45) is 0. The molecule has 2 aromatic rings. The molecular weight excluding hydrogens is 346 g/mol. The smallest absolute Gasteiger partial charge is 0.265 e. The molecular formula is C13H14BrNO4S. The number of sulfonamides is 1. The van der Waals surface area contributed by atoms with Crippen LogP contribution in [-0.4, -0.2) is 13.5 Å². The van der Waals surface area contributed by atoms with Crippen LogP contribution in [0.5, 0.6) is 0 Å². The van der Waals surface area contributed by atoms with Crippen LogP contribution in [0.15, 0.2) is 38.1 Å². The molecule has 1 heterocycles. The van der Waals surface area contributed by atoms with Crippen molar-refractivity contribution < 1.29 is 17.9 Å². The van der Waals surface area contributed by atoms with Gasteiger partial charge < -0.3 is 9.52 Å². The molecule has 0 fully saturated rings. The van der Waals surface area contributed by atoms with Crippen molar-refractivity contribution in [3.8, 4) is 0 Å². The van der Waals surface area contributed by atoms with E-state index in [9.17, 15) is 8.42 Å². The first kappa shape index (κ1) is 15.1. The fourth-order valence-corrected chi connectivity index (χ4v) is 3.29. The zero-order valence-corrected chi connectivity index (χ0v) is 13.4. The number of aliphatic hydroxyl groups excluding tert-OH is 1. The summed E-state index contributed by atoms with van der Waals surface area (Å²) in [6, 6.07) is 6.49.